The average Bonchev–Trinajstić information content (AvgIpc) is 3.13. The van der Waals surface area contributed by atoms with Gasteiger partial charge in [-0.2, -0.15) is 0 Å². The molecule has 0 radical (unpaired) electrons. The first-order valence-electron chi connectivity index (χ1n) is 8.96. The number of rotatable bonds is 5. The van der Waals surface area contributed by atoms with Crippen molar-refractivity contribution in [2.75, 3.05) is 6.61 Å². The number of hydrogen-bond donors (Lipinski definition) is 0. The molecule has 30 heavy (non-hydrogen) atoms. The van der Waals surface area contributed by atoms with Crippen LogP contribution >= 0.6 is 11.6 Å². The molecule has 0 saturated heterocycles. The second kappa shape index (κ2) is 7.57. The van der Waals surface area contributed by atoms with Gasteiger partial charge in [0.15, 0.2) is 0 Å². The largest absolute Gasteiger partial charge is 0.462 e. The zero-order chi connectivity index (χ0) is 21.4. The highest BCUT2D eigenvalue weighted by Gasteiger charge is 2.24. The molecule has 0 atom stereocenters. The van der Waals surface area contributed by atoms with Gasteiger partial charge in [-0.1, -0.05) is 23.7 Å². The maximum absolute atomic E-state index is 13.2. The van der Waals surface area contributed by atoms with Crippen LogP contribution < -0.4 is 0 Å². The number of aromatic nitrogens is 2. The number of non-ortho nitro benzene ring substituents is 1. The number of nitro groups is 1. The molecule has 2 aromatic carbocycles. The van der Waals surface area contributed by atoms with Gasteiger partial charge in [0, 0.05) is 28.1 Å². The molecule has 2 heterocycles. The molecule has 0 aliphatic heterocycles. The summed E-state index contributed by atoms with van der Waals surface area (Å²) in [6.07, 6.45) is 1.42. The van der Waals surface area contributed by atoms with Crippen LogP contribution in [0.5, 0.6) is 0 Å². The number of carbonyl (C=O) groups is 2. The number of esters is 1. The van der Waals surface area contributed by atoms with Crippen LogP contribution in [-0.2, 0) is 4.74 Å². The molecule has 9 heteroatoms. The molecule has 0 amide bonds. The number of fused-ring (bicyclic) bond motifs is 3. The van der Waals surface area contributed by atoms with Gasteiger partial charge in [-0.15, -0.1) is 0 Å². The Morgan fingerprint density at radius 3 is 2.73 bits per heavy atom. The van der Waals surface area contributed by atoms with E-state index in [0.717, 1.165) is 0 Å². The molecule has 0 unspecified atom stereocenters. The van der Waals surface area contributed by atoms with Crippen LogP contribution in [0.3, 0.4) is 0 Å². The zero-order valence-electron chi connectivity index (χ0n) is 15.7. The Morgan fingerprint density at radius 1 is 1.20 bits per heavy atom. The van der Waals surface area contributed by atoms with E-state index in [4.69, 9.17) is 16.3 Å². The predicted octanol–water partition coefficient (Wildman–Crippen LogP) is 4.46. The first-order chi connectivity index (χ1) is 14.4. The lowest BCUT2D eigenvalue weighted by atomic mass is 10.1. The summed E-state index contributed by atoms with van der Waals surface area (Å²) >= 11 is 6.05. The highest BCUT2D eigenvalue weighted by Crippen LogP contribution is 2.29. The highest BCUT2D eigenvalue weighted by molar-refractivity contribution is 6.31. The first-order valence-corrected chi connectivity index (χ1v) is 9.34. The third-order valence-corrected chi connectivity index (χ3v) is 4.85. The van der Waals surface area contributed by atoms with E-state index >= 15 is 0 Å². The average molecular weight is 424 g/mol. The number of carbonyl (C=O) groups excluding carboxylic acids is 2. The van der Waals surface area contributed by atoms with Gasteiger partial charge in [-0.05, 0) is 31.2 Å². The molecule has 150 valence electrons. The van der Waals surface area contributed by atoms with E-state index in [-0.39, 0.29) is 29.1 Å². The topological polar surface area (TPSA) is 104 Å². The molecule has 2 aromatic heterocycles. The molecule has 0 spiro atoms. The van der Waals surface area contributed by atoms with Crippen molar-refractivity contribution in [3.05, 3.63) is 86.8 Å². The van der Waals surface area contributed by atoms with Crippen molar-refractivity contribution in [1.82, 2.24) is 9.38 Å². The molecule has 0 bridgehead atoms. The Labute approximate surface area is 174 Å². The number of halogens is 1. The van der Waals surface area contributed by atoms with Crippen molar-refractivity contribution in [3.63, 3.8) is 0 Å². The smallest absolute Gasteiger partial charge is 0.340 e. The fraction of sp³-hybridized carbons (Fsp3) is 0.0952. The third-order valence-electron chi connectivity index (χ3n) is 4.61. The normalized spacial score (nSPS) is 11.0. The minimum atomic E-state index is -0.587. The predicted molar refractivity (Wildman–Crippen MR) is 110 cm³/mol. The Kier molecular flexibility index (Phi) is 4.93. The number of ketones is 1. The fourth-order valence-electron chi connectivity index (χ4n) is 3.30. The zero-order valence-corrected chi connectivity index (χ0v) is 16.4. The van der Waals surface area contributed by atoms with Gasteiger partial charge >= 0.3 is 5.97 Å². The van der Waals surface area contributed by atoms with Gasteiger partial charge in [0.05, 0.1) is 33.8 Å². The van der Waals surface area contributed by atoms with Crippen molar-refractivity contribution in [2.45, 2.75) is 6.92 Å². The highest BCUT2D eigenvalue weighted by atomic mass is 35.5. The SMILES string of the molecule is CCOC(=O)c1cc(C(=O)c2cccc([N+](=O)[O-])c2)n2cnc3cc(Cl)ccc3c12. The summed E-state index contributed by atoms with van der Waals surface area (Å²) in [6.45, 7) is 1.85. The van der Waals surface area contributed by atoms with Crippen LogP contribution in [0.15, 0.2) is 54.9 Å². The summed E-state index contributed by atoms with van der Waals surface area (Å²) in [5.41, 5.74) is 1.25. The van der Waals surface area contributed by atoms with Gasteiger partial charge in [0.1, 0.15) is 6.33 Å². The number of nitro benzene ring substituents is 1. The number of benzene rings is 2. The van der Waals surface area contributed by atoms with E-state index in [2.05, 4.69) is 4.98 Å². The second-order valence-corrected chi connectivity index (χ2v) is 6.86. The standard InChI is InChI=1S/C21H14ClN3O5/c1-2-30-21(27)16-10-18(20(26)12-4-3-5-14(8-12)25(28)29)24-11-23-17-9-13(22)6-7-15(17)19(16)24/h3-11H,2H2,1H3. The minimum absolute atomic E-state index is 0.121. The second-order valence-electron chi connectivity index (χ2n) is 6.42. The molecule has 0 saturated carbocycles. The fourth-order valence-corrected chi connectivity index (χ4v) is 3.47. The molecule has 0 N–H and O–H groups in total. The lowest BCUT2D eigenvalue weighted by molar-refractivity contribution is -0.384. The molecule has 0 aliphatic carbocycles. The van der Waals surface area contributed by atoms with Crippen molar-refractivity contribution in [3.8, 4) is 0 Å². The summed E-state index contributed by atoms with van der Waals surface area (Å²) in [4.78, 5) is 40.6. The van der Waals surface area contributed by atoms with Gasteiger partial charge in [-0.3, -0.25) is 19.3 Å². The van der Waals surface area contributed by atoms with Gasteiger partial charge in [-0.25, -0.2) is 9.78 Å². The van der Waals surface area contributed by atoms with E-state index < -0.39 is 16.7 Å². The Balaban J connectivity index is 1.97. The third kappa shape index (κ3) is 3.27. The number of nitrogens with zero attached hydrogens (tertiary/aromatic N) is 3. The number of hydrogen-bond acceptors (Lipinski definition) is 6. The molecule has 0 fully saturated rings. The maximum Gasteiger partial charge on any atom is 0.340 e. The molecule has 8 nitrogen and oxygen atoms in total. The lowest BCUT2D eigenvalue weighted by Gasteiger charge is -2.06. The van der Waals surface area contributed by atoms with Crippen molar-refractivity contribution < 1.29 is 19.2 Å². The summed E-state index contributed by atoms with van der Waals surface area (Å²) in [5, 5.41) is 12.2. The summed E-state index contributed by atoms with van der Waals surface area (Å²) in [7, 11) is 0. The Hall–Kier alpha value is -3.78. The summed E-state index contributed by atoms with van der Waals surface area (Å²) in [5.74, 6) is -1.07. The van der Waals surface area contributed by atoms with Crippen LogP contribution in [-0.4, -0.2) is 32.7 Å². The van der Waals surface area contributed by atoms with Crippen molar-refractivity contribution >= 4 is 45.5 Å². The van der Waals surface area contributed by atoms with Gasteiger partial charge in [0.2, 0.25) is 5.78 Å². The minimum Gasteiger partial charge on any atom is -0.462 e. The quantitative estimate of drug-likeness (QED) is 0.203. The van der Waals surface area contributed by atoms with Crippen LogP contribution in [0.4, 0.5) is 5.69 Å². The first kappa shape index (κ1) is 19.5. The van der Waals surface area contributed by atoms with Crippen LogP contribution in [0.2, 0.25) is 5.02 Å². The lowest BCUT2D eigenvalue weighted by Crippen LogP contribution is -2.06. The van der Waals surface area contributed by atoms with Gasteiger partial charge < -0.3 is 4.74 Å². The maximum atomic E-state index is 13.2. The van der Waals surface area contributed by atoms with Crippen molar-refractivity contribution in [1.29, 1.82) is 0 Å². The van der Waals surface area contributed by atoms with E-state index in [0.29, 0.717) is 21.4 Å². The van der Waals surface area contributed by atoms with Crippen LogP contribution in [0, 0.1) is 10.1 Å². The summed E-state index contributed by atoms with van der Waals surface area (Å²) in [6, 6.07) is 11.9. The Bertz CT molecular complexity index is 1350. The van der Waals surface area contributed by atoms with Crippen LogP contribution in [0.25, 0.3) is 16.4 Å². The van der Waals surface area contributed by atoms with Crippen molar-refractivity contribution in [2.24, 2.45) is 0 Å². The van der Waals surface area contributed by atoms with Gasteiger partial charge in [0.25, 0.3) is 5.69 Å². The van der Waals surface area contributed by atoms with E-state index in [1.165, 1.54) is 41.1 Å². The monoisotopic (exact) mass is 423 g/mol. The van der Waals surface area contributed by atoms with Crippen LogP contribution in [0.1, 0.15) is 33.3 Å². The van der Waals surface area contributed by atoms with E-state index in [1.807, 2.05) is 0 Å². The summed E-state index contributed by atoms with van der Waals surface area (Å²) < 4.78 is 6.65. The van der Waals surface area contributed by atoms with E-state index in [1.54, 1.807) is 25.1 Å². The number of ether oxygens (including phenoxy) is 1. The molecule has 4 aromatic rings. The molecule has 0 aliphatic rings. The van der Waals surface area contributed by atoms with E-state index in [9.17, 15) is 19.7 Å². The molecule has 4 rings (SSSR count). The molecular weight excluding hydrogens is 410 g/mol. The molecular formula is C21H14ClN3O5. The Morgan fingerprint density at radius 2 is 2.00 bits per heavy atom.